The quantitative estimate of drug-likeness (QED) is 0.136. The number of hydrogen-bond acceptors (Lipinski definition) is 3. The molecule has 10 rings (SSSR count). The molecular formula is C45H27N3Se. The van der Waals surface area contributed by atoms with Crippen LogP contribution in [0.2, 0.25) is 0 Å². The van der Waals surface area contributed by atoms with E-state index < -0.39 is 20.5 Å². The van der Waals surface area contributed by atoms with Gasteiger partial charge >= 0.3 is 287 Å². The second kappa shape index (κ2) is 11.3. The third-order valence-electron chi connectivity index (χ3n) is 9.05. The molecule has 0 radical (unpaired) electrons. The number of aromatic nitrogens is 3. The van der Waals surface area contributed by atoms with Gasteiger partial charge in [-0.1, -0.05) is 12.1 Å². The average Bonchev–Trinajstić information content (AvgIpc) is 3.65. The standard InChI is InChI=1S/C45H27N3Se/c1-2-11-28(12-3-1)29-21-23-30(24-22-29)43-46-44(48-45(47-43)39-19-10-18-38-37-17-8-9-20-41(37)49-42(38)39)31-25-26-36-34-15-5-4-13-32(34)33-14-6-7-16-35(33)40(36)27-31/h1-27H/i8D,9D,10D,17D,18D,19D,20D. The first-order chi connectivity index (χ1) is 27.2. The predicted molar refractivity (Wildman–Crippen MR) is 206 cm³/mol. The Morgan fingerprint density at radius 2 is 0.918 bits per heavy atom. The summed E-state index contributed by atoms with van der Waals surface area (Å²) in [5, 5.41) is 7.09. The molecule has 3 nitrogen and oxygen atoms in total. The fraction of sp³-hybridized carbons (Fsp3) is 0. The van der Waals surface area contributed by atoms with Gasteiger partial charge in [0.1, 0.15) is 0 Å². The van der Waals surface area contributed by atoms with Gasteiger partial charge in [-0.05, 0) is 0 Å². The van der Waals surface area contributed by atoms with Gasteiger partial charge in [0.25, 0.3) is 0 Å². The van der Waals surface area contributed by atoms with Gasteiger partial charge in [0.05, 0.1) is 0 Å². The van der Waals surface area contributed by atoms with E-state index in [9.17, 15) is 1.37 Å². The molecule has 0 aliphatic rings. The van der Waals surface area contributed by atoms with E-state index in [0.29, 0.717) is 25.7 Å². The Hall–Kier alpha value is -5.93. The molecule has 8 aromatic carbocycles. The third-order valence-corrected chi connectivity index (χ3v) is 11.4. The Kier molecular flexibility index (Phi) is 5.06. The average molecular weight is 696 g/mol. The number of rotatable bonds is 4. The summed E-state index contributed by atoms with van der Waals surface area (Å²) in [7, 11) is 0. The van der Waals surface area contributed by atoms with Crippen molar-refractivity contribution < 1.29 is 9.60 Å². The number of fused-ring (bicyclic) bond motifs is 9. The van der Waals surface area contributed by atoms with Crippen molar-refractivity contribution in [1.82, 2.24) is 15.0 Å². The van der Waals surface area contributed by atoms with Crippen molar-refractivity contribution in [2.24, 2.45) is 0 Å². The maximum atomic E-state index is 9.22. The van der Waals surface area contributed by atoms with Crippen LogP contribution in [0.15, 0.2) is 164 Å². The SMILES string of the molecule is [2H]c1c([2H])c([2H])c2c([se]c3c(-c4nc(-c5ccc(-c6ccccc6)cc5)nc(-c5ccc6c7ccccc7c7ccccc7c6c5)n4)c([2H])c([2H])c([2H])c32)c1[2H]. The van der Waals surface area contributed by atoms with Crippen LogP contribution in [0.3, 0.4) is 0 Å². The molecule has 0 unspecified atom stereocenters. The second-order valence-corrected chi connectivity index (χ2v) is 14.0. The Morgan fingerprint density at radius 3 is 1.65 bits per heavy atom. The normalized spacial score (nSPS) is 13.7. The zero-order chi connectivity index (χ0) is 38.4. The molecule has 0 spiro atoms. The van der Waals surface area contributed by atoms with Gasteiger partial charge < -0.3 is 0 Å². The van der Waals surface area contributed by atoms with Gasteiger partial charge in [0, 0.05) is 0 Å². The molecule has 0 fully saturated rings. The number of benzene rings is 8. The zero-order valence-electron chi connectivity index (χ0n) is 32.8. The fourth-order valence-electron chi connectivity index (χ4n) is 6.72. The molecule has 2 aromatic heterocycles. The van der Waals surface area contributed by atoms with E-state index in [4.69, 9.17) is 23.2 Å². The molecule has 0 atom stereocenters. The van der Waals surface area contributed by atoms with Crippen LogP contribution in [-0.2, 0) is 0 Å². The molecule has 0 saturated heterocycles. The van der Waals surface area contributed by atoms with Gasteiger partial charge in [0.15, 0.2) is 0 Å². The summed E-state index contributed by atoms with van der Waals surface area (Å²) >= 11 is -0.733. The molecule has 0 aliphatic heterocycles. The van der Waals surface area contributed by atoms with E-state index in [1.54, 1.807) is 0 Å². The van der Waals surface area contributed by atoms with Gasteiger partial charge in [0.2, 0.25) is 0 Å². The Labute approximate surface area is 298 Å². The van der Waals surface area contributed by atoms with Crippen LogP contribution in [0.5, 0.6) is 0 Å². The van der Waals surface area contributed by atoms with Crippen LogP contribution < -0.4 is 0 Å². The van der Waals surface area contributed by atoms with Gasteiger partial charge in [-0.15, -0.1) is 0 Å². The van der Waals surface area contributed by atoms with E-state index in [2.05, 4.69) is 42.5 Å². The van der Waals surface area contributed by atoms with Crippen LogP contribution in [0.4, 0.5) is 0 Å². The molecule has 0 N–H and O–H groups in total. The molecule has 2 heterocycles. The molecule has 49 heavy (non-hydrogen) atoms. The van der Waals surface area contributed by atoms with Crippen molar-refractivity contribution in [1.29, 1.82) is 0 Å². The maximum absolute atomic E-state index is 9.22. The van der Waals surface area contributed by atoms with Crippen molar-refractivity contribution in [3.63, 3.8) is 0 Å². The third kappa shape index (κ3) is 4.69. The first-order valence-electron chi connectivity index (χ1n) is 19.4. The molecule has 0 bridgehead atoms. The fourth-order valence-corrected chi connectivity index (χ4v) is 8.95. The minimum absolute atomic E-state index is 0.139. The summed E-state index contributed by atoms with van der Waals surface area (Å²) in [4.78, 5) is 15.0. The number of hydrogen-bond donors (Lipinski definition) is 0. The Bertz CT molecular complexity index is 3240. The first kappa shape index (κ1) is 21.8. The summed E-state index contributed by atoms with van der Waals surface area (Å²) in [5.74, 6) is 0.855. The van der Waals surface area contributed by atoms with Gasteiger partial charge in [-0.3, -0.25) is 0 Å². The Balaban J connectivity index is 1.26. The van der Waals surface area contributed by atoms with Gasteiger partial charge in [-0.2, -0.15) is 0 Å². The summed E-state index contributed by atoms with van der Waals surface area (Å²) < 4.78 is 62.2. The summed E-state index contributed by atoms with van der Waals surface area (Å²) in [5.41, 5.74) is 3.76. The zero-order valence-corrected chi connectivity index (χ0v) is 27.5. The van der Waals surface area contributed by atoms with Crippen LogP contribution >= 0.6 is 0 Å². The van der Waals surface area contributed by atoms with E-state index in [1.165, 1.54) is 0 Å². The van der Waals surface area contributed by atoms with Gasteiger partial charge in [-0.25, -0.2) is 0 Å². The second-order valence-electron chi connectivity index (χ2n) is 11.9. The van der Waals surface area contributed by atoms with E-state index >= 15 is 0 Å². The molecule has 0 saturated carbocycles. The predicted octanol–water partition coefficient (Wildman–Crippen LogP) is 11.4. The first-order valence-corrected chi connectivity index (χ1v) is 17.6. The summed E-state index contributed by atoms with van der Waals surface area (Å²) in [6, 6.07) is 38.8. The molecule has 10 aromatic rings. The van der Waals surface area contributed by atoms with Crippen LogP contribution in [0.1, 0.15) is 9.60 Å². The van der Waals surface area contributed by atoms with Crippen molar-refractivity contribution in [2.45, 2.75) is 0 Å². The van der Waals surface area contributed by atoms with E-state index in [1.807, 2.05) is 78.9 Å². The van der Waals surface area contributed by atoms with Crippen molar-refractivity contribution >= 4 is 66.1 Å². The van der Waals surface area contributed by atoms with E-state index in [0.717, 1.165) is 49.0 Å². The van der Waals surface area contributed by atoms with Crippen LogP contribution in [0.25, 0.3) is 96.9 Å². The van der Waals surface area contributed by atoms with E-state index in [-0.39, 0.29) is 58.4 Å². The van der Waals surface area contributed by atoms with Crippen molar-refractivity contribution in [3.05, 3.63) is 164 Å². The minimum atomic E-state index is -0.733. The topological polar surface area (TPSA) is 38.7 Å². The summed E-state index contributed by atoms with van der Waals surface area (Å²) in [6.45, 7) is 0. The van der Waals surface area contributed by atoms with Crippen molar-refractivity contribution in [2.75, 3.05) is 0 Å². The summed E-state index contributed by atoms with van der Waals surface area (Å²) in [6.07, 6.45) is 0. The molecular weight excluding hydrogens is 661 g/mol. The Morgan fingerprint density at radius 1 is 0.388 bits per heavy atom. The molecule has 0 amide bonds. The molecule has 4 heteroatoms. The van der Waals surface area contributed by atoms with Crippen LogP contribution in [0, 0.1) is 0 Å². The molecule has 0 aliphatic carbocycles. The van der Waals surface area contributed by atoms with Crippen molar-refractivity contribution in [3.8, 4) is 45.3 Å². The number of nitrogens with zero attached hydrogens (tertiary/aromatic N) is 3. The molecule has 228 valence electrons. The monoisotopic (exact) mass is 696 g/mol. The van der Waals surface area contributed by atoms with Crippen LogP contribution in [-0.4, -0.2) is 29.5 Å².